The SMILES string of the molecule is CON(C)C(=O)C1=CN/N=C(/C=C/C=C/C=C2/N(CCCSO)c3ccc(SO)cc3C2(C)C2C=CC(C(=O)ON3C(=O)CCC3=O)=CC2)C(C)(C)C(CCCSO)=C1. The van der Waals surface area contributed by atoms with Crippen molar-refractivity contribution < 1.29 is 42.5 Å². The van der Waals surface area contributed by atoms with Crippen LogP contribution < -0.4 is 10.3 Å². The number of carbonyl (C=O) groups excluding carboxylic acids is 4. The van der Waals surface area contributed by atoms with Crippen LogP contribution in [-0.2, 0) is 34.3 Å². The highest BCUT2D eigenvalue weighted by Crippen LogP contribution is 2.55. The first kappa shape index (κ1) is 45.7. The summed E-state index contributed by atoms with van der Waals surface area (Å²) >= 11 is 2.24. The first-order valence-electron chi connectivity index (χ1n) is 19.2. The van der Waals surface area contributed by atoms with Crippen LogP contribution in [0, 0.1) is 11.3 Å². The van der Waals surface area contributed by atoms with E-state index < -0.39 is 28.6 Å². The van der Waals surface area contributed by atoms with Crippen molar-refractivity contribution in [2.75, 3.05) is 37.1 Å². The number of carbonyl (C=O) groups is 4. The van der Waals surface area contributed by atoms with Crippen molar-refractivity contribution in [3.63, 3.8) is 0 Å². The maximum absolute atomic E-state index is 13.0. The third-order valence-electron chi connectivity index (χ3n) is 11.0. The molecule has 2 atom stereocenters. The van der Waals surface area contributed by atoms with Crippen molar-refractivity contribution in [1.29, 1.82) is 0 Å². The molecule has 4 N–H and O–H groups in total. The highest BCUT2D eigenvalue weighted by atomic mass is 32.2. The third-order valence-corrected chi connectivity index (χ3v) is 12.4. The smallest absolute Gasteiger partial charge is 0.344 e. The molecule has 1 aliphatic carbocycles. The van der Waals surface area contributed by atoms with E-state index in [1.54, 1.807) is 18.4 Å². The van der Waals surface area contributed by atoms with Gasteiger partial charge in [0.15, 0.2) is 0 Å². The van der Waals surface area contributed by atoms with Crippen molar-refractivity contribution in [3.05, 3.63) is 107 Å². The van der Waals surface area contributed by atoms with Gasteiger partial charge >= 0.3 is 5.97 Å². The highest BCUT2D eigenvalue weighted by Gasteiger charge is 2.48. The zero-order valence-corrected chi connectivity index (χ0v) is 36.2. The van der Waals surface area contributed by atoms with Gasteiger partial charge in [-0.3, -0.25) is 24.6 Å². The second kappa shape index (κ2) is 20.7. The van der Waals surface area contributed by atoms with Gasteiger partial charge in [-0.2, -0.15) is 5.10 Å². The van der Waals surface area contributed by atoms with Crippen molar-refractivity contribution in [1.82, 2.24) is 15.6 Å². The number of hydrogen-bond donors (Lipinski definition) is 4. The van der Waals surface area contributed by atoms with Crippen LogP contribution in [0.3, 0.4) is 0 Å². The average molecular weight is 866 g/mol. The minimum absolute atomic E-state index is 0.00486. The fraction of sp³-hybridized carbons (Fsp3) is 0.405. The molecule has 1 aromatic rings. The van der Waals surface area contributed by atoms with Gasteiger partial charge in [0.2, 0.25) is 0 Å². The first-order chi connectivity index (χ1) is 28.3. The molecule has 1 fully saturated rings. The molecule has 3 amide bonds. The van der Waals surface area contributed by atoms with Crippen LogP contribution in [0.15, 0.2) is 111 Å². The lowest BCUT2D eigenvalue weighted by atomic mass is 9.68. The number of hydroxylamine groups is 4. The molecule has 1 saturated heterocycles. The number of benzene rings is 1. The Balaban J connectivity index is 1.46. The molecule has 316 valence electrons. The van der Waals surface area contributed by atoms with E-state index in [9.17, 15) is 32.8 Å². The summed E-state index contributed by atoms with van der Waals surface area (Å²) in [5.41, 5.74) is 6.94. The molecule has 0 bridgehead atoms. The van der Waals surface area contributed by atoms with E-state index >= 15 is 0 Å². The van der Waals surface area contributed by atoms with Gasteiger partial charge in [-0.25, -0.2) is 9.86 Å². The van der Waals surface area contributed by atoms with E-state index in [1.807, 2.05) is 68.5 Å². The summed E-state index contributed by atoms with van der Waals surface area (Å²) in [6.45, 7) is 6.83. The topological polar surface area (TPSA) is 182 Å². The number of allylic oxidation sites excluding steroid dienone is 9. The molecule has 0 radical (unpaired) electrons. The van der Waals surface area contributed by atoms with Crippen LogP contribution in [0.25, 0.3) is 0 Å². The number of amides is 3. The number of likely N-dealkylation sites (N-methyl/N-ethyl adjacent to an activating group) is 1. The summed E-state index contributed by atoms with van der Waals surface area (Å²) in [5, 5.41) is 6.35. The largest absolute Gasteiger partial charge is 0.363 e. The molecule has 3 heterocycles. The van der Waals surface area contributed by atoms with E-state index in [1.165, 1.54) is 14.2 Å². The number of fused-ring (bicyclic) bond motifs is 1. The van der Waals surface area contributed by atoms with Gasteiger partial charge in [-0.05, 0) is 105 Å². The predicted molar refractivity (Wildman–Crippen MR) is 233 cm³/mol. The summed E-state index contributed by atoms with van der Waals surface area (Å²) in [4.78, 5) is 63.4. The number of hydrogen-bond acceptors (Lipinski definition) is 15. The third kappa shape index (κ3) is 10.3. The fourth-order valence-corrected chi connectivity index (χ4v) is 8.37. The molecule has 0 saturated carbocycles. The molecule has 0 spiro atoms. The molecule has 4 aliphatic rings. The molecule has 17 heteroatoms. The molecule has 0 aromatic heterocycles. The van der Waals surface area contributed by atoms with Gasteiger partial charge in [-0.1, -0.05) is 55.9 Å². The van der Waals surface area contributed by atoms with Crippen LogP contribution in [0.1, 0.15) is 64.9 Å². The number of rotatable bonds is 17. The monoisotopic (exact) mass is 865 g/mol. The van der Waals surface area contributed by atoms with Crippen LogP contribution >= 0.6 is 36.1 Å². The summed E-state index contributed by atoms with van der Waals surface area (Å²) in [6.07, 6.45) is 21.0. The van der Waals surface area contributed by atoms with E-state index in [2.05, 4.69) is 28.4 Å². The standard InChI is InChI=1S/C42H51N5O9S3/c1-41(2)31(11-9-23-57-52)25-29(39(50)45(4)55-5)27-43-44-35(41)12-7-6-8-13-36-42(3,33-26-32(59-54)18-19-34(33)46(36)22-10-24-58-53)30-16-14-28(15-17-30)40(51)56-47-37(48)20-21-38(47)49/h6-8,12-16,18-19,25-27,30,43,52-54H,9-11,17,20-24H2,1-5H3/b8-6+,12-7+,29-27?,31-25?,36-13+,44-35-. The Labute approximate surface area is 358 Å². The zero-order chi connectivity index (χ0) is 42.7. The number of anilines is 1. The number of hydrazone groups is 1. The van der Waals surface area contributed by atoms with Gasteiger partial charge in [0.25, 0.3) is 17.7 Å². The van der Waals surface area contributed by atoms with Gasteiger partial charge in [0.05, 0.1) is 24.0 Å². The Kier molecular flexibility index (Phi) is 16.1. The van der Waals surface area contributed by atoms with Crippen LogP contribution in [0.5, 0.6) is 0 Å². The van der Waals surface area contributed by atoms with Gasteiger partial charge in [0, 0.05) is 83.3 Å². The lowest BCUT2D eigenvalue weighted by Gasteiger charge is -2.37. The average Bonchev–Trinajstić information content (AvgIpc) is 3.68. The number of imide groups is 1. The van der Waals surface area contributed by atoms with E-state index in [4.69, 9.17) is 9.68 Å². The molecule has 1 aromatic carbocycles. The molecular formula is C42H51N5O9S3. The van der Waals surface area contributed by atoms with Crippen LogP contribution in [0.2, 0.25) is 0 Å². The van der Waals surface area contributed by atoms with Crippen molar-refractivity contribution >= 4 is 71.2 Å². The van der Waals surface area contributed by atoms with Gasteiger partial charge in [0.1, 0.15) is 0 Å². The van der Waals surface area contributed by atoms with Crippen molar-refractivity contribution in [3.8, 4) is 0 Å². The maximum Gasteiger partial charge on any atom is 0.363 e. The lowest BCUT2D eigenvalue weighted by Crippen LogP contribution is -2.36. The molecule has 59 heavy (non-hydrogen) atoms. The molecule has 14 nitrogen and oxygen atoms in total. The second-order valence-electron chi connectivity index (χ2n) is 14.9. The summed E-state index contributed by atoms with van der Waals surface area (Å²) in [5.74, 6) is -1.28. The van der Waals surface area contributed by atoms with E-state index in [0.29, 0.717) is 71.3 Å². The van der Waals surface area contributed by atoms with Crippen LogP contribution in [-0.4, -0.2) is 85.4 Å². The van der Waals surface area contributed by atoms with Gasteiger partial charge < -0.3 is 23.4 Å². The molecular weight excluding hydrogens is 815 g/mol. The Morgan fingerprint density at radius 3 is 2.42 bits per heavy atom. The van der Waals surface area contributed by atoms with Crippen molar-refractivity contribution in [2.45, 2.75) is 69.6 Å². The normalized spacial score (nSPS) is 23.1. The molecule has 3 aliphatic heterocycles. The molecule has 2 unspecified atom stereocenters. The second-order valence-corrected chi connectivity index (χ2v) is 16.9. The quantitative estimate of drug-likeness (QED) is 0.0391. The lowest BCUT2D eigenvalue weighted by molar-refractivity contribution is -0.194. The molecule has 5 rings (SSSR count). The minimum atomic E-state index is -0.782. The summed E-state index contributed by atoms with van der Waals surface area (Å²) in [7, 11) is 2.96. The Morgan fingerprint density at radius 1 is 1.03 bits per heavy atom. The van der Waals surface area contributed by atoms with Gasteiger partial charge in [-0.15, -0.1) is 5.06 Å². The number of nitrogens with one attached hydrogen (secondary N) is 1. The summed E-state index contributed by atoms with van der Waals surface area (Å²) < 4.78 is 29.0. The Morgan fingerprint density at radius 2 is 1.76 bits per heavy atom. The Bertz CT molecular complexity index is 2020. The van der Waals surface area contributed by atoms with Crippen molar-refractivity contribution in [2.24, 2.45) is 16.4 Å². The van der Waals surface area contributed by atoms with E-state index in [-0.39, 0.29) is 30.2 Å². The zero-order valence-electron chi connectivity index (χ0n) is 33.8. The maximum atomic E-state index is 13.0. The predicted octanol–water partition coefficient (Wildman–Crippen LogP) is 7.83. The van der Waals surface area contributed by atoms with E-state index in [0.717, 1.165) is 57.4 Å². The Hall–Kier alpha value is -4.36. The fourth-order valence-electron chi connectivity index (χ4n) is 7.53. The number of nitrogens with zero attached hydrogens (tertiary/aromatic N) is 4. The highest BCUT2D eigenvalue weighted by molar-refractivity contribution is 7.94. The minimum Gasteiger partial charge on any atom is -0.344 e. The first-order valence-corrected chi connectivity index (χ1v) is 21.8. The summed E-state index contributed by atoms with van der Waals surface area (Å²) in [6, 6.07) is 5.84. The van der Waals surface area contributed by atoms with Crippen LogP contribution in [0.4, 0.5) is 5.69 Å².